The maximum atomic E-state index is 13.2. The monoisotopic (exact) mass is 398 g/mol. The first-order valence-electron chi connectivity index (χ1n) is 8.25. The number of Topliss-reactive ketones (excluding diaryl/α,β-unsaturated/α-hetero) is 1. The fraction of sp³-hybridized carbons (Fsp3) is 0.353. The number of alkyl halides is 2. The minimum Gasteiger partial charge on any atom is -0.364 e. The molecule has 0 aliphatic carbocycles. The normalized spacial score (nSPS) is 12.4. The smallest absolute Gasteiger partial charge is 0.324 e. The standard InChI is InChI=1S/C17H17F3N4O4/c1-2-11(22-12(25)7-8-17(19,20)16(21)27)13(26)14-23-15(28-24-14)9-3-5-10(18)6-4-9/h3-6,11H,2,7-8H2,1H3,(H2,21,27)(H,22,25)/t11-/m1/s1. The number of hydrogen-bond acceptors (Lipinski definition) is 6. The van der Waals surface area contributed by atoms with E-state index in [9.17, 15) is 27.6 Å². The van der Waals surface area contributed by atoms with Crippen LogP contribution in [0.1, 0.15) is 36.8 Å². The summed E-state index contributed by atoms with van der Waals surface area (Å²) in [5, 5.41) is 5.83. The summed E-state index contributed by atoms with van der Waals surface area (Å²) in [5.41, 5.74) is 4.93. The van der Waals surface area contributed by atoms with Crippen molar-refractivity contribution in [2.75, 3.05) is 0 Å². The van der Waals surface area contributed by atoms with Gasteiger partial charge in [0.05, 0.1) is 6.04 Å². The third-order valence-electron chi connectivity index (χ3n) is 3.82. The molecular formula is C17H17F3N4O4. The maximum Gasteiger partial charge on any atom is 0.324 e. The zero-order valence-electron chi connectivity index (χ0n) is 14.7. The predicted octanol–water partition coefficient (Wildman–Crippen LogP) is 1.85. The Hall–Kier alpha value is -3.24. The van der Waals surface area contributed by atoms with Crippen molar-refractivity contribution in [3.63, 3.8) is 0 Å². The molecular weight excluding hydrogens is 381 g/mol. The van der Waals surface area contributed by atoms with Gasteiger partial charge >= 0.3 is 5.92 Å². The van der Waals surface area contributed by atoms with Crippen molar-refractivity contribution in [3.05, 3.63) is 35.9 Å². The van der Waals surface area contributed by atoms with Crippen molar-refractivity contribution in [1.82, 2.24) is 15.5 Å². The Morgan fingerprint density at radius 1 is 1.25 bits per heavy atom. The zero-order chi connectivity index (χ0) is 20.9. The topological polar surface area (TPSA) is 128 Å². The van der Waals surface area contributed by atoms with E-state index in [1.165, 1.54) is 24.3 Å². The van der Waals surface area contributed by atoms with Crippen LogP contribution < -0.4 is 11.1 Å². The number of ketones is 1. The lowest BCUT2D eigenvalue weighted by atomic mass is 10.1. The van der Waals surface area contributed by atoms with Crippen LogP contribution in [0, 0.1) is 5.82 Å². The van der Waals surface area contributed by atoms with Gasteiger partial charge in [-0.3, -0.25) is 14.4 Å². The molecule has 8 nitrogen and oxygen atoms in total. The van der Waals surface area contributed by atoms with Crippen LogP contribution in [0.2, 0.25) is 0 Å². The molecule has 28 heavy (non-hydrogen) atoms. The van der Waals surface area contributed by atoms with Gasteiger partial charge in [0.15, 0.2) is 0 Å². The molecule has 11 heteroatoms. The van der Waals surface area contributed by atoms with Gasteiger partial charge in [-0.1, -0.05) is 12.1 Å². The Labute approximate surface area is 157 Å². The van der Waals surface area contributed by atoms with Crippen LogP contribution >= 0.6 is 0 Å². The van der Waals surface area contributed by atoms with Gasteiger partial charge < -0.3 is 15.6 Å². The SMILES string of the molecule is CC[C@@H](NC(=O)CCC(F)(F)C(N)=O)C(=O)c1noc(-c2ccc(F)cc2)n1. The second-order valence-corrected chi connectivity index (χ2v) is 5.89. The highest BCUT2D eigenvalue weighted by atomic mass is 19.3. The second-order valence-electron chi connectivity index (χ2n) is 5.89. The molecule has 2 amide bonds. The van der Waals surface area contributed by atoms with Gasteiger partial charge in [-0.25, -0.2) is 4.39 Å². The lowest BCUT2D eigenvalue weighted by Gasteiger charge is -2.15. The van der Waals surface area contributed by atoms with Crippen LogP contribution in [0.15, 0.2) is 28.8 Å². The number of primary amides is 1. The number of hydrogen-bond donors (Lipinski definition) is 2. The van der Waals surface area contributed by atoms with Crippen LogP contribution in [0.5, 0.6) is 0 Å². The molecule has 0 spiro atoms. The van der Waals surface area contributed by atoms with Crippen LogP contribution in [0.25, 0.3) is 11.5 Å². The molecule has 1 atom stereocenters. The Bertz CT molecular complexity index is 868. The van der Waals surface area contributed by atoms with Crippen LogP contribution in [0.3, 0.4) is 0 Å². The van der Waals surface area contributed by atoms with Gasteiger partial charge in [0.2, 0.25) is 17.5 Å². The Kier molecular flexibility index (Phi) is 6.49. The third-order valence-corrected chi connectivity index (χ3v) is 3.82. The van der Waals surface area contributed by atoms with Crippen LogP contribution in [-0.2, 0) is 9.59 Å². The number of halogens is 3. The number of nitrogens with two attached hydrogens (primary N) is 1. The summed E-state index contributed by atoms with van der Waals surface area (Å²) in [7, 11) is 0. The second kappa shape index (κ2) is 8.63. The quantitative estimate of drug-likeness (QED) is 0.621. The highest BCUT2D eigenvalue weighted by Crippen LogP contribution is 2.20. The third kappa shape index (κ3) is 5.15. The molecule has 1 heterocycles. The Morgan fingerprint density at radius 3 is 2.46 bits per heavy atom. The Morgan fingerprint density at radius 2 is 1.89 bits per heavy atom. The van der Waals surface area contributed by atoms with Gasteiger partial charge in [0.25, 0.3) is 11.8 Å². The molecule has 3 N–H and O–H groups in total. The molecule has 1 aromatic heterocycles. The van der Waals surface area contributed by atoms with Gasteiger partial charge in [0.1, 0.15) is 5.82 Å². The summed E-state index contributed by atoms with van der Waals surface area (Å²) in [4.78, 5) is 38.8. The van der Waals surface area contributed by atoms with Crippen molar-refractivity contribution in [1.29, 1.82) is 0 Å². The lowest BCUT2D eigenvalue weighted by Crippen LogP contribution is -2.42. The zero-order valence-corrected chi connectivity index (χ0v) is 14.7. The van der Waals surface area contributed by atoms with E-state index in [0.717, 1.165) is 0 Å². The summed E-state index contributed by atoms with van der Waals surface area (Å²) in [6.07, 6.45) is -1.64. The van der Waals surface area contributed by atoms with Crippen molar-refractivity contribution in [2.24, 2.45) is 5.73 Å². The Balaban J connectivity index is 2.02. The molecule has 0 radical (unpaired) electrons. The van der Waals surface area contributed by atoms with Crippen molar-refractivity contribution >= 4 is 17.6 Å². The van der Waals surface area contributed by atoms with E-state index >= 15 is 0 Å². The largest absolute Gasteiger partial charge is 0.364 e. The number of benzene rings is 1. The van der Waals surface area contributed by atoms with Gasteiger partial charge in [-0.15, -0.1) is 0 Å². The van der Waals surface area contributed by atoms with E-state index in [1.54, 1.807) is 6.92 Å². The average Bonchev–Trinajstić information content (AvgIpc) is 3.14. The molecule has 0 saturated carbocycles. The number of amides is 2. The first-order chi connectivity index (χ1) is 13.1. The average molecular weight is 398 g/mol. The van der Waals surface area contributed by atoms with E-state index in [4.69, 9.17) is 4.52 Å². The minimum atomic E-state index is -3.82. The van der Waals surface area contributed by atoms with E-state index in [1.807, 2.05) is 0 Å². The highest BCUT2D eigenvalue weighted by Gasteiger charge is 2.37. The fourth-order valence-corrected chi connectivity index (χ4v) is 2.20. The van der Waals surface area contributed by atoms with Crippen molar-refractivity contribution in [2.45, 2.75) is 38.2 Å². The van der Waals surface area contributed by atoms with E-state index < -0.39 is 48.2 Å². The number of carbonyl (C=O) groups is 3. The van der Waals surface area contributed by atoms with Gasteiger partial charge in [0, 0.05) is 18.4 Å². The minimum absolute atomic E-state index is 0.0226. The molecule has 0 aliphatic rings. The van der Waals surface area contributed by atoms with Gasteiger partial charge in [-0.05, 0) is 30.7 Å². The van der Waals surface area contributed by atoms with Crippen LogP contribution in [-0.4, -0.2) is 39.7 Å². The molecule has 2 aromatic rings. The number of carbonyl (C=O) groups excluding carboxylic acids is 3. The molecule has 1 aromatic carbocycles. The molecule has 0 bridgehead atoms. The first kappa shape index (κ1) is 21.1. The van der Waals surface area contributed by atoms with Crippen LogP contribution in [0.4, 0.5) is 13.2 Å². The fourth-order valence-electron chi connectivity index (χ4n) is 2.20. The lowest BCUT2D eigenvalue weighted by molar-refractivity contribution is -0.143. The molecule has 150 valence electrons. The van der Waals surface area contributed by atoms with E-state index in [-0.39, 0.29) is 18.1 Å². The maximum absolute atomic E-state index is 13.2. The molecule has 2 rings (SSSR count). The summed E-state index contributed by atoms with van der Waals surface area (Å²) >= 11 is 0. The first-order valence-corrected chi connectivity index (χ1v) is 8.25. The van der Waals surface area contributed by atoms with E-state index in [2.05, 4.69) is 21.2 Å². The highest BCUT2D eigenvalue weighted by molar-refractivity contribution is 5.99. The molecule has 0 unspecified atom stereocenters. The van der Waals surface area contributed by atoms with E-state index in [0.29, 0.717) is 5.56 Å². The molecule has 0 saturated heterocycles. The summed E-state index contributed by atoms with van der Waals surface area (Å²) in [5.74, 6) is -8.00. The van der Waals surface area contributed by atoms with Crippen molar-refractivity contribution in [3.8, 4) is 11.5 Å². The summed E-state index contributed by atoms with van der Waals surface area (Å²) in [6.45, 7) is 1.59. The van der Waals surface area contributed by atoms with Gasteiger partial charge in [-0.2, -0.15) is 13.8 Å². The molecule has 0 aliphatic heterocycles. The number of nitrogens with zero attached hydrogens (tertiary/aromatic N) is 2. The summed E-state index contributed by atoms with van der Waals surface area (Å²) in [6, 6.07) is 4.05. The predicted molar refractivity (Wildman–Crippen MR) is 89.6 cm³/mol. The summed E-state index contributed by atoms with van der Waals surface area (Å²) < 4.78 is 44.2. The van der Waals surface area contributed by atoms with Crippen molar-refractivity contribution < 1.29 is 32.1 Å². The number of nitrogens with one attached hydrogen (secondary N) is 1. The number of aromatic nitrogens is 2. The number of rotatable bonds is 9. The molecule has 0 fully saturated rings.